The van der Waals surface area contributed by atoms with Crippen molar-refractivity contribution >= 4 is 33.6 Å². The van der Waals surface area contributed by atoms with Crippen molar-refractivity contribution in [2.24, 2.45) is 0 Å². The van der Waals surface area contributed by atoms with Crippen LogP contribution in [0.2, 0.25) is 0 Å². The topological polar surface area (TPSA) is 92.3 Å². The van der Waals surface area contributed by atoms with Gasteiger partial charge >= 0.3 is 0 Å². The molecule has 2 N–H and O–H groups in total. The summed E-state index contributed by atoms with van der Waals surface area (Å²) in [5, 5.41) is 11.1. The summed E-state index contributed by atoms with van der Waals surface area (Å²) in [4.78, 5) is 17.3. The van der Waals surface area contributed by atoms with Crippen molar-refractivity contribution in [1.82, 2.24) is 30.1 Å². The second-order valence-corrected chi connectivity index (χ2v) is 6.31. The van der Waals surface area contributed by atoms with E-state index in [4.69, 9.17) is 0 Å². The average Bonchev–Trinajstić information content (AvgIpc) is 3.18. The minimum absolute atomic E-state index is 0.285. The van der Waals surface area contributed by atoms with Crippen LogP contribution in [-0.2, 0) is 6.67 Å². The van der Waals surface area contributed by atoms with Crippen LogP contribution in [0.4, 0.5) is 20.4 Å². The molecule has 7 nitrogen and oxygen atoms in total. The minimum Gasteiger partial charge on any atom is -0.322 e. The molecule has 0 fully saturated rings. The zero-order valence-electron chi connectivity index (χ0n) is 14.9. The molecule has 0 bridgehead atoms. The molecule has 0 saturated heterocycles. The molecule has 29 heavy (non-hydrogen) atoms. The fourth-order valence-electron chi connectivity index (χ4n) is 3.16. The van der Waals surface area contributed by atoms with Gasteiger partial charge in [-0.25, -0.2) is 28.7 Å². The summed E-state index contributed by atoms with van der Waals surface area (Å²) >= 11 is 0. The fourth-order valence-corrected chi connectivity index (χ4v) is 3.16. The van der Waals surface area contributed by atoms with Crippen molar-refractivity contribution in [2.75, 3.05) is 5.32 Å². The second-order valence-electron chi connectivity index (χ2n) is 6.31. The molecular weight excluding hydrogens is 376 g/mol. The molecule has 142 valence electrons. The number of rotatable bonds is 4. The van der Waals surface area contributed by atoms with E-state index in [2.05, 4.69) is 35.5 Å². The fraction of sp³-hybridized carbons (Fsp3) is 0.0500. The van der Waals surface area contributed by atoms with E-state index in [9.17, 15) is 8.78 Å². The van der Waals surface area contributed by atoms with Gasteiger partial charge in [0.25, 0.3) is 0 Å². The zero-order valence-corrected chi connectivity index (χ0v) is 14.9. The molecule has 0 aliphatic carbocycles. The molecule has 5 rings (SSSR count). The number of benzene rings is 2. The first kappa shape index (κ1) is 17.1. The lowest BCUT2D eigenvalue weighted by Gasteiger charge is -2.10. The Labute approximate surface area is 162 Å². The summed E-state index contributed by atoms with van der Waals surface area (Å²) in [6.07, 6.45) is 2.95. The highest BCUT2D eigenvalue weighted by Crippen LogP contribution is 2.30. The van der Waals surface area contributed by atoms with E-state index in [0.717, 1.165) is 0 Å². The normalized spacial score (nSPS) is 11.2. The molecule has 3 heterocycles. The maximum Gasteiger partial charge on any atom is 0.168 e. The number of hydrogen-bond acceptors (Lipinski definition) is 6. The quantitative estimate of drug-likeness (QED) is 0.476. The number of alkyl halides is 1. The highest BCUT2D eigenvalue weighted by atomic mass is 19.1. The van der Waals surface area contributed by atoms with Crippen molar-refractivity contribution < 1.29 is 8.78 Å². The number of hydrogen-bond donors (Lipinski definition) is 2. The van der Waals surface area contributed by atoms with Crippen LogP contribution in [0.15, 0.2) is 55.0 Å². The summed E-state index contributed by atoms with van der Waals surface area (Å²) < 4.78 is 27.4. The predicted molar refractivity (Wildman–Crippen MR) is 105 cm³/mol. The van der Waals surface area contributed by atoms with E-state index < -0.39 is 12.5 Å². The molecule has 9 heteroatoms. The molecule has 3 aromatic heterocycles. The smallest absolute Gasteiger partial charge is 0.168 e. The lowest BCUT2D eigenvalue weighted by molar-refractivity contribution is 0.486. The third-order valence-electron chi connectivity index (χ3n) is 4.56. The molecule has 5 aromatic rings. The van der Waals surface area contributed by atoms with Crippen molar-refractivity contribution in [1.29, 1.82) is 0 Å². The molecule has 0 unspecified atom stereocenters. The minimum atomic E-state index is -0.645. The van der Waals surface area contributed by atoms with Gasteiger partial charge < -0.3 is 5.32 Å². The Morgan fingerprint density at radius 3 is 2.76 bits per heavy atom. The number of aromatic amines is 1. The van der Waals surface area contributed by atoms with Gasteiger partial charge in [-0.2, -0.15) is 5.10 Å². The second kappa shape index (κ2) is 6.86. The predicted octanol–water partition coefficient (Wildman–Crippen LogP) is 4.32. The van der Waals surface area contributed by atoms with Crippen LogP contribution in [-0.4, -0.2) is 30.1 Å². The summed E-state index contributed by atoms with van der Waals surface area (Å²) in [5.41, 5.74) is 1.72. The number of H-pyrrole nitrogens is 1. The number of para-hydroxylation sites is 1. The molecule has 0 aliphatic heterocycles. The van der Waals surface area contributed by atoms with E-state index in [0.29, 0.717) is 45.0 Å². The van der Waals surface area contributed by atoms with E-state index in [1.165, 1.54) is 12.4 Å². The first-order valence-corrected chi connectivity index (χ1v) is 8.76. The first-order valence-electron chi connectivity index (χ1n) is 8.76. The van der Waals surface area contributed by atoms with Crippen LogP contribution >= 0.6 is 0 Å². The monoisotopic (exact) mass is 389 g/mol. The van der Waals surface area contributed by atoms with Crippen LogP contribution in [0.1, 0.15) is 5.56 Å². The Kier molecular flexibility index (Phi) is 4.05. The van der Waals surface area contributed by atoms with Crippen molar-refractivity contribution in [3.8, 4) is 11.4 Å². The lowest BCUT2D eigenvalue weighted by atomic mass is 10.1. The standard InChI is InChI=1S/C20H13F2N7/c21-8-11-4-1-2-5-12(11)18-25-17-14(9-23-10-24-17)19(26-18)27-20-13-6-3-7-15(22)16(13)28-29-20/h1-7,9-10H,8H2,(H2,23,24,25,26,27,28,29). The largest absolute Gasteiger partial charge is 0.322 e. The Morgan fingerprint density at radius 2 is 1.86 bits per heavy atom. The Hall–Kier alpha value is -4.01. The average molecular weight is 389 g/mol. The van der Waals surface area contributed by atoms with Crippen molar-refractivity contribution in [3.05, 3.63) is 66.4 Å². The number of anilines is 2. The summed E-state index contributed by atoms with van der Waals surface area (Å²) in [7, 11) is 0. The number of nitrogens with one attached hydrogen (secondary N) is 2. The van der Waals surface area contributed by atoms with Gasteiger partial charge in [0.2, 0.25) is 0 Å². The summed E-state index contributed by atoms with van der Waals surface area (Å²) in [5.74, 6) is 0.694. The Morgan fingerprint density at radius 1 is 0.966 bits per heavy atom. The number of fused-ring (bicyclic) bond motifs is 2. The third-order valence-corrected chi connectivity index (χ3v) is 4.56. The first-order chi connectivity index (χ1) is 14.2. The molecule has 2 aromatic carbocycles. The molecule has 0 amide bonds. The van der Waals surface area contributed by atoms with Crippen molar-refractivity contribution in [3.63, 3.8) is 0 Å². The van der Waals surface area contributed by atoms with Gasteiger partial charge in [-0.05, 0) is 17.7 Å². The zero-order chi connectivity index (χ0) is 19.8. The Balaban J connectivity index is 1.69. The van der Waals surface area contributed by atoms with Crippen LogP contribution in [0.3, 0.4) is 0 Å². The maximum absolute atomic E-state index is 14.0. The summed E-state index contributed by atoms with van der Waals surface area (Å²) in [6.45, 7) is -0.645. The van der Waals surface area contributed by atoms with Crippen LogP contribution in [0, 0.1) is 5.82 Å². The molecular formula is C20H13F2N7. The third kappa shape index (κ3) is 2.92. The van der Waals surface area contributed by atoms with Gasteiger partial charge in [-0.3, -0.25) is 5.10 Å². The van der Waals surface area contributed by atoms with Gasteiger partial charge in [0, 0.05) is 17.1 Å². The van der Waals surface area contributed by atoms with Gasteiger partial charge in [0.05, 0.1) is 5.39 Å². The van der Waals surface area contributed by atoms with Gasteiger partial charge in [0.1, 0.15) is 30.2 Å². The summed E-state index contributed by atoms with van der Waals surface area (Å²) in [6, 6.07) is 11.7. The molecule has 0 radical (unpaired) electrons. The highest BCUT2D eigenvalue weighted by molar-refractivity contribution is 5.95. The number of aromatic nitrogens is 6. The lowest BCUT2D eigenvalue weighted by Crippen LogP contribution is -2.02. The number of nitrogens with zero attached hydrogens (tertiary/aromatic N) is 5. The van der Waals surface area contributed by atoms with Crippen LogP contribution < -0.4 is 5.32 Å². The van der Waals surface area contributed by atoms with Gasteiger partial charge in [0.15, 0.2) is 17.3 Å². The van der Waals surface area contributed by atoms with E-state index in [1.54, 1.807) is 42.6 Å². The maximum atomic E-state index is 14.0. The number of halogens is 2. The van der Waals surface area contributed by atoms with Gasteiger partial charge in [-0.15, -0.1) is 0 Å². The molecule has 0 atom stereocenters. The van der Waals surface area contributed by atoms with Crippen molar-refractivity contribution in [2.45, 2.75) is 6.67 Å². The molecule has 0 aliphatic rings. The molecule has 0 spiro atoms. The SMILES string of the molecule is FCc1ccccc1-c1nc(Nc2n[nH]c3c(F)cccc23)c2cncnc2n1. The molecule has 0 saturated carbocycles. The van der Waals surface area contributed by atoms with Crippen LogP contribution in [0.25, 0.3) is 33.3 Å². The van der Waals surface area contributed by atoms with Crippen LogP contribution in [0.5, 0.6) is 0 Å². The van der Waals surface area contributed by atoms with Gasteiger partial charge in [-0.1, -0.05) is 30.3 Å². The van der Waals surface area contributed by atoms with E-state index in [1.807, 2.05) is 0 Å². The van der Waals surface area contributed by atoms with E-state index in [-0.39, 0.29) is 5.52 Å². The van der Waals surface area contributed by atoms with E-state index >= 15 is 0 Å². The Bertz CT molecular complexity index is 1350. The highest BCUT2D eigenvalue weighted by Gasteiger charge is 2.16.